The van der Waals surface area contributed by atoms with Gasteiger partial charge in [-0.15, -0.1) is 0 Å². The Balaban J connectivity index is 1.63. The third-order valence-corrected chi connectivity index (χ3v) is 3.12. The first-order valence-corrected chi connectivity index (χ1v) is 6.66. The van der Waals surface area contributed by atoms with Crippen LogP contribution in [0, 0.1) is 5.82 Å². The van der Waals surface area contributed by atoms with Gasteiger partial charge in [0.15, 0.2) is 0 Å². The molecule has 1 saturated heterocycles. The van der Waals surface area contributed by atoms with Gasteiger partial charge in [-0.1, -0.05) is 6.07 Å². The summed E-state index contributed by atoms with van der Waals surface area (Å²) in [7, 11) is 0. The lowest BCUT2D eigenvalue weighted by Gasteiger charge is -2.19. The summed E-state index contributed by atoms with van der Waals surface area (Å²) in [6.07, 6.45) is 2.20. The summed E-state index contributed by atoms with van der Waals surface area (Å²) >= 11 is 0. The normalized spacial score (nSPS) is 17.4. The number of hydrogen-bond donors (Lipinski definition) is 1. The van der Waals surface area contributed by atoms with E-state index in [1.807, 2.05) is 0 Å². The maximum Gasteiger partial charge on any atom is 0.126 e. The minimum absolute atomic E-state index is 0.244. The molecule has 0 radical (unpaired) electrons. The average Bonchev–Trinajstić information content (AvgIpc) is 2.63. The topological polar surface area (TPSA) is 24.5 Å². The standard InChI is InChI=1S/C14H21FN2O/c15-13-4-1-5-14(12-13)18-11-3-9-17-8-2-6-16-7-10-17/h1,4-5,12,16H,2-3,6-11H2. The fourth-order valence-corrected chi connectivity index (χ4v) is 2.16. The van der Waals surface area contributed by atoms with Crippen molar-refractivity contribution in [1.82, 2.24) is 10.2 Å². The van der Waals surface area contributed by atoms with Crippen molar-refractivity contribution in [3.63, 3.8) is 0 Å². The van der Waals surface area contributed by atoms with Crippen LogP contribution in [0.5, 0.6) is 5.75 Å². The van der Waals surface area contributed by atoms with Gasteiger partial charge in [0.25, 0.3) is 0 Å². The number of nitrogens with zero attached hydrogens (tertiary/aromatic N) is 1. The highest BCUT2D eigenvalue weighted by Crippen LogP contribution is 2.12. The van der Waals surface area contributed by atoms with Gasteiger partial charge in [0.05, 0.1) is 6.61 Å². The molecule has 0 aliphatic carbocycles. The third-order valence-electron chi connectivity index (χ3n) is 3.12. The molecular formula is C14H21FN2O. The lowest BCUT2D eigenvalue weighted by Crippen LogP contribution is -2.29. The molecule has 0 spiro atoms. The van der Waals surface area contributed by atoms with Crippen molar-refractivity contribution in [2.45, 2.75) is 12.8 Å². The first-order chi connectivity index (χ1) is 8.84. The molecule has 1 aliphatic heterocycles. The Kier molecular flexibility index (Phi) is 5.42. The quantitative estimate of drug-likeness (QED) is 0.810. The largest absolute Gasteiger partial charge is 0.493 e. The van der Waals surface area contributed by atoms with Crippen molar-refractivity contribution < 1.29 is 9.13 Å². The summed E-state index contributed by atoms with van der Waals surface area (Å²) in [5.74, 6) is 0.374. The van der Waals surface area contributed by atoms with Crippen LogP contribution in [0.3, 0.4) is 0 Å². The Bertz CT molecular complexity index is 351. The fourth-order valence-electron chi connectivity index (χ4n) is 2.16. The molecule has 1 fully saturated rings. The van der Waals surface area contributed by atoms with E-state index in [0.717, 1.165) is 39.1 Å². The van der Waals surface area contributed by atoms with Crippen molar-refractivity contribution in [3.8, 4) is 5.75 Å². The lowest BCUT2D eigenvalue weighted by atomic mass is 10.3. The van der Waals surface area contributed by atoms with Gasteiger partial charge in [0, 0.05) is 25.7 Å². The Hall–Kier alpha value is -1.13. The van der Waals surface area contributed by atoms with Gasteiger partial charge in [-0.05, 0) is 38.1 Å². The van der Waals surface area contributed by atoms with E-state index in [0.29, 0.717) is 12.4 Å². The van der Waals surface area contributed by atoms with E-state index < -0.39 is 0 Å². The zero-order valence-corrected chi connectivity index (χ0v) is 10.7. The zero-order chi connectivity index (χ0) is 12.6. The van der Waals surface area contributed by atoms with Gasteiger partial charge in [0.2, 0.25) is 0 Å². The van der Waals surface area contributed by atoms with Crippen molar-refractivity contribution in [3.05, 3.63) is 30.1 Å². The highest BCUT2D eigenvalue weighted by molar-refractivity contribution is 5.22. The van der Waals surface area contributed by atoms with E-state index in [9.17, 15) is 4.39 Å². The number of hydrogen-bond acceptors (Lipinski definition) is 3. The molecule has 0 amide bonds. The summed E-state index contributed by atoms with van der Waals surface area (Å²) in [6, 6.07) is 6.32. The van der Waals surface area contributed by atoms with Gasteiger partial charge in [0.1, 0.15) is 11.6 Å². The molecule has 1 N–H and O–H groups in total. The Morgan fingerprint density at radius 2 is 2.22 bits per heavy atom. The molecule has 0 aromatic heterocycles. The highest BCUT2D eigenvalue weighted by Gasteiger charge is 2.07. The minimum atomic E-state index is -0.244. The van der Waals surface area contributed by atoms with E-state index in [1.54, 1.807) is 12.1 Å². The number of rotatable bonds is 5. The van der Waals surface area contributed by atoms with Crippen LogP contribution in [0.1, 0.15) is 12.8 Å². The predicted molar refractivity (Wildman–Crippen MR) is 70.4 cm³/mol. The molecule has 1 aromatic rings. The number of nitrogens with one attached hydrogen (secondary N) is 1. The zero-order valence-electron chi connectivity index (χ0n) is 10.7. The second-order valence-corrected chi connectivity index (χ2v) is 4.60. The molecule has 0 bridgehead atoms. The van der Waals surface area contributed by atoms with Crippen molar-refractivity contribution in [1.29, 1.82) is 0 Å². The monoisotopic (exact) mass is 252 g/mol. The second-order valence-electron chi connectivity index (χ2n) is 4.60. The van der Waals surface area contributed by atoms with Crippen LogP contribution in [-0.2, 0) is 0 Å². The maximum absolute atomic E-state index is 12.9. The Morgan fingerprint density at radius 3 is 3.11 bits per heavy atom. The third kappa shape index (κ3) is 4.63. The van der Waals surface area contributed by atoms with Gasteiger partial charge in [-0.3, -0.25) is 0 Å². The van der Waals surface area contributed by atoms with E-state index in [-0.39, 0.29) is 5.82 Å². The molecule has 18 heavy (non-hydrogen) atoms. The SMILES string of the molecule is Fc1cccc(OCCCN2CCCNCC2)c1. The van der Waals surface area contributed by atoms with E-state index in [4.69, 9.17) is 4.74 Å². The molecule has 1 aromatic carbocycles. The second kappa shape index (κ2) is 7.34. The Morgan fingerprint density at radius 1 is 1.28 bits per heavy atom. The summed E-state index contributed by atoms with van der Waals surface area (Å²) in [5, 5.41) is 3.39. The van der Waals surface area contributed by atoms with Crippen LogP contribution in [-0.4, -0.2) is 44.2 Å². The molecule has 0 saturated carbocycles. The van der Waals surface area contributed by atoms with Crippen molar-refractivity contribution in [2.24, 2.45) is 0 Å². The number of benzene rings is 1. The first kappa shape index (κ1) is 13.3. The summed E-state index contributed by atoms with van der Waals surface area (Å²) < 4.78 is 18.4. The average molecular weight is 252 g/mol. The van der Waals surface area contributed by atoms with E-state index >= 15 is 0 Å². The van der Waals surface area contributed by atoms with Gasteiger partial charge < -0.3 is 15.0 Å². The molecule has 4 heteroatoms. The van der Waals surface area contributed by atoms with Crippen LogP contribution in [0.2, 0.25) is 0 Å². The lowest BCUT2D eigenvalue weighted by molar-refractivity contribution is 0.243. The highest BCUT2D eigenvalue weighted by atomic mass is 19.1. The van der Waals surface area contributed by atoms with Crippen LogP contribution in [0.25, 0.3) is 0 Å². The molecule has 0 unspecified atom stereocenters. The molecule has 0 atom stereocenters. The van der Waals surface area contributed by atoms with Crippen LogP contribution >= 0.6 is 0 Å². The minimum Gasteiger partial charge on any atom is -0.493 e. The van der Waals surface area contributed by atoms with E-state index in [2.05, 4.69) is 10.2 Å². The van der Waals surface area contributed by atoms with Gasteiger partial charge in [-0.25, -0.2) is 4.39 Å². The summed E-state index contributed by atoms with van der Waals surface area (Å²) in [6.45, 7) is 6.17. The molecule has 1 heterocycles. The van der Waals surface area contributed by atoms with Gasteiger partial charge in [-0.2, -0.15) is 0 Å². The number of ether oxygens (including phenoxy) is 1. The molecular weight excluding hydrogens is 231 g/mol. The van der Waals surface area contributed by atoms with Crippen molar-refractivity contribution >= 4 is 0 Å². The fraction of sp³-hybridized carbons (Fsp3) is 0.571. The molecule has 1 aliphatic rings. The summed E-state index contributed by atoms with van der Waals surface area (Å²) in [5.41, 5.74) is 0. The van der Waals surface area contributed by atoms with E-state index in [1.165, 1.54) is 18.6 Å². The van der Waals surface area contributed by atoms with Crippen molar-refractivity contribution in [2.75, 3.05) is 39.3 Å². The molecule has 3 nitrogen and oxygen atoms in total. The number of halogens is 1. The molecule has 2 rings (SSSR count). The predicted octanol–water partition coefficient (Wildman–Crippen LogP) is 1.89. The summed E-state index contributed by atoms with van der Waals surface area (Å²) in [4.78, 5) is 2.45. The molecule has 100 valence electrons. The maximum atomic E-state index is 12.9. The first-order valence-electron chi connectivity index (χ1n) is 6.66. The smallest absolute Gasteiger partial charge is 0.126 e. The van der Waals surface area contributed by atoms with Crippen LogP contribution < -0.4 is 10.1 Å². The van der Waals surface area contributed by atoms with Gasteiger partial charge >= 0.3 is 0 Å². The van der Waals surface area contributed by atoms with Crippen LogP contribution in [0.15, 0.2) is 24.3 Å². The Labute approximate surface area is 108 Å². The van der Waals surface area contributed by atoms with Crippen LogP contribution in [0.4, 0.5) is 4.39 Å².